The van der Waals surface area contributed by atoms with Gasteiger partial charge in [0, 0.05) is 17.2 Å². The number of hydrogen-bond acceptors (Lipinski definition) is 2. The zero-order valence-electron chi connectivity index (χ0n) is 14.0. The molecule has 2 aromatic carbocycles. The molecule has 1 unspecified atom stereocenters. The molecule has 0 heterocycles. The number of nitrogens with two attached hydrogens (primary N) is 1. The number of nitrogens with one attached hydrogen (secondary N) is 1. The van der Waals surface area contributed by atoms with Gasteiger partial charge in [-0.25, -0.2) is 4.79 Å². The molecule has 0 fully saturated rings. The standard InChI is InChI=1S/C20H22N2O2/c1-3-24-19-12-10-17(11-13-19)5-4-16-6-8-18(9-7-16)14-15(2)22-20(21)23/h6-13,15H,3,14H2,1-2H3,(H3,21,22,23). The van der Waals surface area contributed by atoms with Crippen LogP contribution in [-0.2, 0) is 6.42 Å². The normalized spacial score (nSPS) is 11.1. The van der Waals surface area contributed by atoms with E-state index in [2.05, 4.69) is 17.2 Å². The Morgan fingerprint density at radius 3 is 2.12 bits per heavy atom. The fraction of sp³-hybridized carbons (Fsp3) is 0.250. The van der Waals surface area contributed by atoms with Crippen molar-refractivity contribution in [1.82, 2.24) is 5.32 Å². The number of urea groups is 1. The molecule has 0 saturated carbocycles. The van der Waals surface area contributed by atoms with Gasteiger partial charge in [0.15, 0.2) is 0 Å². The first-order valence-corrected chi connectivity index (χ1v) is 7.96. The van der Waals surface area contributed by atoms with Crippen LogP contribution < -0.4 is 15.8 Å². The van der Waals surface area contributed by atoms with E-state index in [-0.39, 0.29) is 6.04 Å². The van der Waals surface area contributed by atoms with Gasteiger partial charge in [-0.15, -0.1) is 0 Å². The first-order valence-electron chi connectivity index (χ1n) is 7.96. The summed E-state index contributed by atoms with van der Waals surface area (Å²) in [6.07, 6.45) is 0.732. The van der Waals surface area contributed by atoms with Crippen LogP contribution in [-0.4, -0.2) is 18.7 Å². The van der Waals surface area contributed by atoms with Crippen LogP contribution >= 0.6 is 0 Å². The third kappa shape index (κ3) is 5.69. The van der Waals surface area contributed by atoms with Crippen molar-refractivity contribution in [2.24, 2.45) is 5.73 Å². The minimum Gasteiger partial charge on any atom is -0.494 e. The molecule has 0 aliphatic rings. The second-order valence-corrected chi connectivity index (χ2v) is 5.52. The van der Waals surface area contributed by atoms with Crippen molar-refractivity contribution in [3.8, 4) is 17.6 Å². The summed E-state index contributed by atoms with van der Waals surface area (Å²) in [5, 5.41) is 2.67. The van der Waals surface area contributed by atoms with Crippen LogP contribution in [0.2, 0.25) is 0 Å². The quantitative estimate of drug-likeness (QED) is 0.831. The molecule has 2 rings (SSSR count). The van der Waals surface area contributed by atoms with Crippen LogP contribution in [0.25, 0.3) is 0 Å². The molecule has 0 aromatic heterocycles. The van der Waals surface area contributed by atoms with Gasteiger partial charge in [0.1, 0.15) is 5.75 Å². The van der Waals surface area contributed by atoms with Gasteiger partial charge in [-0.05, 0) is 62.2 Å². The van der Waals surface area contributed by atoms with Crippen LogP contribution in [0.4, 0.5) is 4.79 Å². The molecule has 24 heavy (non-hydrogen) atoms. The highest BCUT2D eigenvalue weighted by Gasteiger charge is 2.04. The molecular formula is C20H22N2O2. The minimum atomic E-state index is -0.500. The van der Waals surface area contributed by atoms with Crippen molar-refractivity contribution in [2.45, 2.75) is 26.3 Å². The van der Waals surface area contributed by atoms with Crippen LogP contribution in [0.1, 0.15) is 30.5 Å². The molecule has 2 amide bonds. The Bertz CT molecular complexity index is 725. The summed E-state index contributed by atoms with van der Waals surface area (Å²) < 4.78 is 5.41. The first kappa shape index (κ1) is 17.4. The van der Waals surface area contributed by atoms with E-state index in [4.69, 9.17) is 10.5 Å². The lowest BCUT2D eigenvalue weighted by Gasteiger charge is -2.11. The van der Waals surface area contributed by atoms with Gasteiger partial charge in [0.05, 0.1) is 6.61 Å². The summed E-state index contributed by atoms with van der Waals surface area (Å²) in [7, 11) is 0. The molecular weight excluding hydrogens is 300 g/mol. The topological polar surface area (TPSA) is 64.3 Å². The molecule has 4 heteroatoms. The van der Waals surface area contributed by atoms with E-state index in [1.807, 2.05) is 62.4 Å². The Hall–Kier alpha value is -2.93. The Balaban J connectivity index is 1.97. The molecule has 1 atom stereocenters. The Morgan fingerprint density at radius 1 is 1.08 bits per heavy atom. The number of primary amides is 1. The Morgan fingerprint density at radius 2 is 1.62 bits per heavy atom. The highest BCUT2D eigenvalue weighted by molar-refractivity contribution is 5.71. The van der Waals surface area contributed by atoms with Crippen molar-refractivity contribution >= 4 is 6.03 Å². The maximum Gasteiger partial charge on any atom is 0.312 e. The smallest absolute Gasteiger partial charge is 0.312 e. The second-order valence-electron chi connectivity index (χ2n) is 5.52. The predicted molar refractivity (Wildman–Crippen MR) is 95.9 cm³/mol. The highest BCUT2D eigenvalue weighted by atomic mass is 16.5. The number of hydrogen-bond donors (Lipinski definition) is 2. The van der Waals surface area contributed by atoms with Crippen molar-refractivity contribution < 1.29 is 9.53 Å². The van der Waals surface area contributed by atoms with Gasteiger partial charge >= 0.3 is 6.03 Å². The van der Waals surface area contributed by atoms with E-state index in [1.165, 1.54) is 0 Å². The highest BCUT2D eigenvalue weighted by Crippen LogP contribution is 2.11. The monoisotopic (exact) mass is 322 g/mol. The summed E-state index contributed by atoms with van der Waals surface area (Å²) in [5.41, 5.74) is 8.14. The number of carbonyl (C=O) groups is 1. The number of benzene rings is 2. The van der Waals surface area contributed by atoms with Gasteiger partial charge in [-0.2, -0.15) is 0 Å². The maximum atomic E-state index is 10.8. The van der Waals surface area contributed by atoms with E-state index in [9.17, 15) is 4.79 Å². The molecule has 0 spiro atoms. The molecule has 0 aliphatic heterocycles. The molecule has 124 valence electrons. The third-order valence-electron chi connectivity index (χ3n) is 3.40. The first-order chi connectivity index (χ1) is 11.6. The minimum absolute atomic E-state index is 0.00304. The Labute approximate surface area is 143 Å². The Kier molecular flexibility index (Phi) is 6.27. The lowest BCUT2D eigenvalue weighted by atomic mass is 10.1. The lowest BCUT2D eigenvalue weighted by Crippen LogP contribution is -2.37. The zero-order chi connectivity index (χ0) is 17.4. The average Bonchev–Trinajstić information content (AvgIpc) is 2.55. The third-order valence-corrected chi connectivity index (χ3v) is 3.40. The van der Waals surface area contributed by atoms with Gasteiger partial charge in [0.25, 0.3) is 0 Å². The van der Waals surface area contributed by atoms with Crippen molar-refractivity contribution in [3.05, 3.63) is 65.2 Å². The lowest BCUT2D eigenvalue weighted by molar-refractivity contribution is 0.246. The van der Waals surface area contributed by atoms with Gasteiger partial charge < -0.3 is 15.8 Å². The summed E-state index contributed by atoms with van der Waals surface area (Å²) in [6.45, 7) is 4.54. The second kappa shape index (κ2) is 8.64. The number of rotatable bonds is 5. The molecule has 4 nitrogen and oxygen atoms in total. The van der Waals surface area contributed by atoms with Crippen molar-refractivity contribution in [3.63, 3.8) is 0 Å². The SMILES string of the molecule is CCOc1ccc(C#Cc2ccc(CC(C)NC(N)=O)cc2)cc1. The van der Waals surface area contributed by atoms with Gasteiger partial charge in [0.2, 0.25) is 0 Å². The van der Waals surface area contributed by atoms with E-state index in [0.717, 1.165) is 28.9 Å². The molecule has 0 radical (unpaired) electrons. The summed E-state index contributed by atoms with van der Waals surface area (Å²) in [5.74, 6) is 7.13. The average molecular weight is 322 g/mol. The van der Waals surface area contributed by atoms with Crippen molar-refractivity contribution in [1.29, 1.82) is 0 Å². The molecule has 0 aliphatic carbocycles. The molecule has 0 saturated heterocycles. The predicted octanol–water partition coefficient (Wildman–Crippen LogP) is 3.08. The van der Waals surface area contributed by atoms with Gasteiger partial charge in [-0.3, -0.25) is 0 Å². The largest absolute Gasteiger partial charge is 0.494 e. The summed E-state index contributed by atoms with van der Waals surface area (Å²) in [6, 6.07) is 15.2. The fourth-order valence-corrected chi connectivity index (χ4v) is 2.32. The molecule has 2 aromatic rings. The number of carbonyl (C=O) groups excluding carboxylic acids is 1. The molecule has 3 N–H and O–H groups in total. The van der Waals surface area contributed by atoms with E-state index >= 15 is 0 Å². The number of amides is 2. The zero-order valence-corrected chi connectivity index (χ0v) is 14.0. The van der Waals surface area contributed by atoms with Crippen LogP contribution in [0.3, 0.4) is 0 Å². The van der Waals surface area contributed by atoms with Gasteiger partial charge in [-0.1, -0.05) is 24.0 Å². The van der Waals surface area contributed by atoms with E-state index in [1.54, 1.807) is 0 Å². The van der Waals surface area contributed by atoms with E-state index in [0.29, 0.717) is 6.61 Å². The van der Waals surface area contributed by atoms with Crippen LogP contribution in [0, 0.1) is 11.8 Å². The fourth-order valence-electron chi connectivity index (χ4n) is 2.32. The van der Waals surface area contributed by atoms with Crippen molar-refractivity contribution in [2.75, 3.05) is 6.61 Å². The van der Waals surface area contributed by atoms with E-state index < -0.39 is 6.03 Å². The summed E-state index contributed by atoms with van der Waals surface area (Å²) >= 11 is 0. The molecule has 0 bridgehead atoms. The van der Waals surface area contributed by atoms with Crippen LogP contribution in [0.5, 0.6) is 5.75 Å². The summed E-state index contributed by atoms with van der Waals surface area (Å²) in [4.78, 5) is 10.8. The number of ether oxygens (including phenoxy) is 1. The van der Waals surface area contributed by atoms with Crippen LogP contribution in [0.15, 0.2) is 48.5 Å². The maximum absolute atomic E-state index is 10.8.